The first-order chi connectivity index (χ1) is 8.79. The maximum Gasteiger partial charge on any atom is 0.262 e. The van der Waals surface area contributed by atoms with Crippen molar-refractivity contribution in [2.75, 3.05) is 0 Å². The van der Waals surface area contributed by atoms with E-state index in [4.69, 9.17) is 22.3 Å². The van der Waals surface area contributed by atoms with Gasteiger partial charge in [-0.05, 0) is 47.3 Å². The molecule has 4 nitrogen and oxygen atoms in total. The van der Waals surface area contributed by atoms with Crippen molar-refractivity contribution in [3.8, 4) is 0 Å². The quantitative estimate of drug-likeness (QED) is 0.810. The molecular weight excluding hydrogens is 377 g/mol. The highest BCUT2D eigenvalue weighted by molar-refractivity contribution is 9.10. The maximum absolute atomic E-state index is 12.0. The lowest BCUT2D eigenvalue weighted by molar-refractivity contribution is 0.0916. The van der Waals surface area contributed by atoms with Gasteiger partial charge in [-0.25, -0.2) is 8.42 Å². The van der Waals surface area contributed by atoms with Crippen LogP contribution in [0.2, 0.25) is 5.02 Å². The summed E-state index contributed by atoms with van der Waals surface area (Å²) in [5.74, 6) is -0.347. The average molecular weight is 387 g/mol. The minimum Gasteiger partial charge on any atom is -0.349 e. The van der Waals surface area contributed by atoms with E-state index in [2.05, 4.69) is 21.2 Å². The smallest absolute Gasteiger partial charge is 0.262 e. The number of benzene rings is 1. The molecule has 0 saturated heterocycles. The van der Waals surface area contributed by atoms with Crippen LogP contribution in [0.1, 0.15) is 29.6 Å². The lowest BCUT2D eigenvalue weighted by Crippen LogP contribution is -2.39. The third-order valence-electron chi connectivity index (χ3n) is 2.96. The van der Waals surface area contributed by atoms with E-state index >= 15 is 0 Å². The first-order valence-corrected chi connectivity index (χ1v) is 9.01. The van der Waals surface area contributed by atoms with E-state index < -0.39 is 9.05 Å². The molecule has 1 fully saturated rings. The van der Waals surface area contributed by atoms with Crippen molar-refractivity contribution < 1.29 is 13.2 Å². The summed E-state index contributed by atoms with van der Waals surface area (Å²) in [6.45, 7) is 0. The van der Waals surface area contributed by atoms with E-state index in [1.807, 2.05) is 0 Å². The molecule has 0 radical (unpaired) electrons. The topological polar surface area (TPSA) is 63.2 Å². The highest BCUT2D eigenvalue weighted by atomic mass is 79.9. The molecule has 1 aliphatic rings. The summed E-state index contributed by atoms with van der Waals surface area (Å²) in [4.78, 5) is 11.8. The summed E-state index contributed by atoms with van der Waals surface area (Å²) >= 11 is 8.95. The molecule has 0 unspecified atom stereocenters. The molecule has 0 spiro atoms. The van der Waals surface area contributed by atoms with Gasteiger partial charge in [0.25, 0.3) is 15.0 Å². The summed E-state index contributed by atoms with van der Waals surface area (Å²) < 4.78 is 23.0. The van der Waals surface area contributed by atoms with Crippen molar-refractivity contribution in [3.05, 3.63) is 27.2 Å². The summed E-state index contributed by atoms with van der Waals surface area (Å²) in [5, 5.41) is 2.93. The molecule has 1 aliphatic carbocycles. The van der Waals surface area contributed by atoms with E-state index in [1.165, 1.54) is 12.1 Å². The SMILES string of the molecule is O=C(NC1CCC1)c1cc(Cl)c(Br)c(S(=O)(=O)Cl)c1. The fourth-order valence-corrected chi connectivity index (χ4v) is 4.07. The zero-order valence-corrected chi connectivity index (χ0v) is 13.5. The largest absolute Gasteiger partial charge is 0.349 e. The van der Waals surface area contributed by atoms with Crippen molar-refractivity contribution >= 4 is 53.2 Å². The van der Waals surface area contributed by atoms with Gasteiger partial charge < -0.3 is 5.32 Å². The molecule has 19 heavy (non-hydrogen) atoms. The standard InChI is InChI=1S/C11H10BrCl2NO3S/c12-10-8(13)4-6(5-9(10)19(14,17)18)11(16)15-7-2-1-3-7/h4-5,7H,1-3H2,(H,15,16). The maximum atomic E-state index is 12.0. The number of hydrogen-bond acceptors (Lipinski definition) is 3. The van der Waals surface area contributed by atoms with Gasteiger partial charge in [-0.2, -0.15) is 0 Å². The average Bonchev–Trinajstić information content (AvgIpc) is 2.25. The van der Waals surface area contributed by atoms with E-state index in [0.29, 0.717) is 0 Å². The third-order valence-corrected chi connectivity index (χ3v) is 5.95. The van der Waals surface area contributed by atoms with Crippen LogP contribution in [0.5, 0.6) is 0 Å². The van der Waals surface area contributed by atoms with Gasteiger partial charge in [0.05, 0.1) is 14.4 Å². The highest BCUT2D eigenvalue weighted by Crippen LogP contribution is 2.33. The van der Waals surface area contributed by atoms with Gasteiger partial charge in [0.1, 0.15) is 0 Å². The van der Waals surface area contributed by atoms with E-state index in [0.717, 1.165) is 19.3 Å². The van der Waals surface area contributed by atoms with Crippen LogP contribution < -0.4 is 5.32 Å². The van der Waals surface area contributed by atoms with Gasteiger partial charge in [0, 0.05) is 22.3 Å². The second-order valence-corrected chi connectivity index (χ2v) is 8.04. The molecule has 1 amide bonds. The van der Waals surface area contributed by atoms with Gasteiger partial charge in [0.2, 0.25) is 0 Å². The Balaban J connectivity index is 2.36. The molecule has 0 heterocycles. The Morgan fingerprint density at radius 2 is 2.00 bits per heavy atom. The fourth-order valence-electron chi connectivity index (χ4n) is 1.69. The van der Waals surface area contributed by atoms with Crippen LogP contribution in [0.3, 0.4) is 0 Å². The molecule has 8 heteroatoms. The number of carbonyl (C=O) groups is 1. The second kappa shape index (κ2) is 5.60. The van der Waals surface area contributed by atoms with E-state index in [1.54, 1.807) is 0 Å². The first kappa shape index (κ1) is 15.1. The Bertz CT molecular complexity index is 629. The number of carbonyl (C=O) groups excluding carboxylic acids is 1. The molecule has 0 atom stereocenters. The Labute approximate surface area is 129 Å². The monoisotopic (exact) mass is 385 g/mol. The van der Waals surface area contributed by atoms with Gasteiger partial charge in [0.15, 0.2) is 0 Å². The molecule has 2 rings (SSSR count). The fraction of sp³-hybridized carbons (Fsp3) is 0.364. The zero-order valence-electron chi connectivity index (χ0n) is 9.62. The normalized spacial score (nSPS) is 15.9. The molecule has 1 aromatic rings. The van der Waals surface area contributed by atoms with Gasteiger partial charge in [-0.3, -0.25) is 4.79 Å². The van der Waals surface area contributed by atoms with Crippen LogP contribution in [-0.4, -0.2) is 20.4 Å². The molecule has 0 aromatic heterocycles. The predicted octanol–water partition coefficient (Wildman–Crippen LogP) is 3.31. The number of nitrogens with one attached hydrogen (secondary N) is 1. The Morgan fingerprint density at radius 1 is 1.37 bits per heavy atom. The molecule has 0 aliphatic heterocycles. The Hall–Kier alpha value is -0.300. The number of halogens is 3. The van der Waals surface area contributed by atoms with Crippen LogP contribution >= 0.6 is 38.2 Å². The van der Waals surface area contributed by atoms with Gasteiger partial charge >= 0.3 is 0 Å². The minimum atomic E-state index is -3.97. The molecular formula is C11H10BrCl2NO3S. The highest BCUT2D eigenvalue weighted by Gasteiger charge is 2.23. The van der Waals surface area contributed by atoms with Gasteiger partial charge in [-0.1, -0.05) is 11.6 Å². The molecule has 1 aromatic carbocycles. The van der Waals surface area contributed by atoms with E-state index in [9.17, 15) is 13.2 Å². The summed E-state index contributed by atoms with van der Waals surface area (Å²) in [6.07, 6.45) is 2.97. The van der Waals surface area contributed by atoms with Crippen molar-refractivity contribution in [3.63, 3.8) is 0 Å². The van der Waals surface area contributed by atoms with Crippen molar-refractivity contribution in [1.82, 2.24) is 5.32 Å². The van der Waals surface area contributed by atoms with Crippen LogP contribution in [0.15, 0.2) is 21.5 Å². The molecule has 1 saturated carbocycles. The lowest BCUT2D eigenvalue weighted by atomic mass is 9.93. The predicted molar refractivity (Wildman–Crippen MR) is 77.3 cm³/mol. The third kappa shape index (κ3) is 3.42. The molecule has 0 bridgehead atoms. The number of hydrogen-bond donors (Lipinski definition) is 1. The van der Waals surface area contributed by atoms with Crippen molar-refractivity contribution in [2.24, 2.45) is 0 Å². The number of rotatable bonds is 3. The molecule has 1 N–H and O–H groups in total. The summed E-state index contributed by atoms with van der Waals surface area (Å²) in [6, 6.07) is 2.78. The van der Waals surface area contributed by atoms with Crippen LogP contribution in [-0.2, 0) is 9.05 Å². The van der Waals surface area contributed by atoms with Crippen LogP contribution in [0.4, 0.5) is 0 Å². The van der Waals surface area contributed by atoms with Crippen molar-refractivity contribution in [1.29, 1.82) is 0 Å². The zero-order chi connectivity index (χ0) is 14.2. The second-order valence-electron chi connectivity index (χ2n) is 4.31. The molecule has 104 valence electrons. The number of amides is 1. The van der Waals surface area contributed by atoms with Crippen molar-refractivity contribution in [2.45, 2.75) is 30.2 Å². The minimum absolute atomic E-state index is 0.125. The Morgan fingerprint density at radius 3 is 2.47 bits per heavy atom. The summed E-state index contributed by atoms with van der Waals surface area (Å²) in [5.41, 5.74) is 0.180. The van der Waals surface area contributed by atoms with Crippen LogP contribution in [0, 0.1) is 0 Å². The summed E-state index contributed by atoms with van der Waals surface area (Å²) in [7, 11) is 1.34. The lowest BCUT2D eigenvalue weighted by Gasteiger charge is -2.26. The first-order valence-electron chi connectivity index (χ1n) is 5.53. The Kier molecular flexibility index (Phi) is 4.45. The van der Waals surface area contributed by atoms with E-state index in [-0.39, 0.29) is 31.9 Å². The van der Waals surface area contributed by atoms with Crippen LogP contribution in [0.25, 0.3) is 0 Å². The van der Waals surface area contributed by atoms with Gasteiger partial charge in [-0.15, -0.1) is 0 Å².